The molecule has 6 heteroatoms. The topological polar surface area (TPSA) is 70.7 Å². The zero-order valence-corrected chi connectivity index (χ0v) is 16.3. The minimum Gasteiger partial charge on any atom is -0.492 e. The van der Waals surface area contributed by atoms with E-state index < -0.39 is 0 Å². The first-order valence-electron chi connectivity index (χ1n) is 8.91. The smallest absolute Gasteiger partial charge is 0.317 e. The number of rotatable bonds is 7. The molecule has 27 heavy (non-hydrogen) atoms. The van der Waals surface area contributed by atoms with Crippen LogP contribution in [0.3, 0.4) is 0 Å². The molecule has 0 aromatic heterocycles. The van der Waals surface area contributed by atoms with Crippen LogP contribution in [0.25, 0.3) is 0 Å². The molecule has 0 saturated heterocycles. The molecule has 0 radical (unpaired) electrons. The third kappa shape index (κ3) is 6.33. The zero-order chi connectivity index (χ0) is 19.8. The molecule has 2 aromatic carbocycles. The number of anilines is 1. The maximum Gasteiger partial charge on any atom is 0.317 e. The van der Waals surface area contributed by atoms with E-state index >= 15 is 0 Å². The van der Waals surface area contributed by atoms with Crippen LogP contribution in [-0.4, -0.2) is 43.6 Å². The Morgan fingerprint density at radius 2 is 1.74 bits per heavy atom. The molecule has 2 aromatic rings. The highest BCUT2D eigenvalue weighted by Gasteiger charge is 2.13. The monoisotopic (exact) mass is 369 g/mol. The summed E-state index contributed by atoms with van der Waals surface area (Å²) in [5.74, 6) is 0.522. The molecule has 3 amide bonds. The average Bonchev–Trinajstić information content (AvgIpc) is 2.63. The lowest BCUT2D eigenvalue weighted by Gasteiger charge is -2.18. The van der Waals surface area contributed by atoms with Gasteiger partial charge in [0.05, 0.1) is 6.54 Å². The highest BCUT2D eigenvalue weighted by molar-refractivity contribution is 5.95. The SMILES string of the molecule is Cc1ccc(OCCNC(=O)N(C)CC(=O)Nc2cccc(C)c2C)cc1. The van der Waals surface area contributed by atoms with E-state index in [1.165, 1.54) is 4.90 Å². The largest absolute Gasteiger partial charge is 0.492 e. The van der Waals surface area contributed by atoms with E-state index in [1.807, 2.05) is 63.2 Å². The predicted molar refractivity (Wildman–Crippen MR) is 107 cm³/mol. The Bertz CT molecular complexity index is 788. The predicted octanol–water partition coefficient (Wildman–Crippen LogP) is 3.27. The second-order valence-electron chi connectivity index (χ2n) is 6.55. The molecular weight excluding hydrogens is 342 g/mol. The first-order chi connectivity index (χ1) is 12.9. The second-order valence-corrected chi connectivity index (χ2v) is 6.55. The molecular formula is C21H27N3O3. The van der Waals surface area contributed by atoms with Crippen molar-refractivity contribution in [3.05, 3.63) is 59.2 Å². The van der Waals surface area contributed by atoms with Gasteiger partial charge in [0.25, 0.3) is 0 Å². The van der Waals surface area contributed by atoms with Crippen molar-refractivity contribution in [2.24, 2.45) is 0 Å². The van der Waals surface area contributed by atoms with Crippen molar-refractivity contribution in [3.8, 4) is 5.75 Å². The van der Waals surface area contributed by atoms with Crippen LogP contribution < -0.4 is 15.4 Å². The molecule has 0 bridgehead atoms. The molecule has 0 spiro atoms. The number of carbonyl (C=O) groups is 2. The van der Waals surface area contributed by atoms with Crippen molar-refractivity contribution in [1.29, 1.82) is 0 Å². The lowest BCUT2D eigenvalue weighted by molar-refractivity contribution is -0.116. The molecule has 6 nitrogen and oxygen atoms in total. The van der Waals surface area contributed by atoms with Crippen LogP contribution in [0.2, 0.25) is 0 Å². The molecule has 0 fully saturated rings. The summed E-state index contributed by atoms with van der Waals surface area (Å²) in [5, 5.41) is 5.58. The van der Waals surface area contributed by atoms with Gasteiger partial charge in [-0.05, 0) is 50.1 Å². The highest BCUT2D eigenvalue weighted by Crippen LogP contribution is 2.17. The minimum atomic E-state index is -0.321. The van der Waals surface area contributed by atoms with Crippen LogP contribution in [0.4, 0.5) is 10.5 Å². The Kier molecular flexibility index (Phi) is 7.23. The summed E-state index contributed by atoms with van der Waals surface area (Å²) >= 11 is 0. The quantitative estimate of drug-likeness (QED) is 0.736. The van der Waals surface area contributed by atoms with E-state index in [1.54, 1.807) is 7.05 Å². The molecule has 0 aliphatic carbocycles. The van der Waals surface area contributed by atoms with Gasteiger partial charge >= 0.3 is 6.03 Å². The minimum absolute atomic E-state index is 0.0297. The second kappa shape index (κ2) is 9.62. The number of nitrogens with one attached hydrogen (secondary N) is 2. The zero-order valence-electron chi connectivity index (χ0n) is 16.3. The molecule has 2 rings (SSSR count). The van der Waals surface area contributed by atoms with Gasteiger partial charge in [-0.3, -0.25) is 4.79 Å². The fourth-order valence-electron chi connectivity index (χ4n) is 2.46. The van der Waals surface area contributed by atoms with Gasteiger partial charge in [0.2, 0.25) is 5.91 Å². The lowest BCUT2D eigenvalue weighted by atomic mass is 10.1. The normalized spacial score (nSPS) is 10.2. The first-order valence-corrected chi connectivity index (χ1v) is 8.91. The Hall–Kier alpha value is -3.02. The van der Waals surface area contributed by atoms with Crippen molar-refractivity contribution < 1.29 is 14.3 Å². The van der Waals surface area contributed by atoms with Gasteiger partial charge in [-0.1, -0.05) is 29.8 Å². The third-order valence-electron chi connectivity index (χ3n) is 4.27. The van der Waals surface area contributed by atoms with Gasteiger partial charge in [-0.2, -0.15) is 0 Å². The van der Waals surface area contributed by atoms with Gasteiger partial charge in [0.1, 0.15) is 18.9 Å². The fourth-order valence-corrected chi connectivity index (χ4v) is 2.46. The third-order valence-corrected chi connectivity index (χ3v) is 4.27. The van der Waals surface area contributed by atoms with Crippen molar-refractivity contribution in [3.63, 3.8) is 0 Å². The maximum atomic E-state index is 12.2. The number of benzene rings is 2. The molecule has 0 unspecified atom stereocenters. The number of hydrogen-bond donors (Lipinski definition) is 2. The van der Waals surface area contributed by atoms with E-state index in [0.29, 0.717) is 13.2 Å². The van der Waals surface area contributed by atoms with Crippen molar-refractivity contribution >= 4 is 17.6 Å². The van der Waals surface area contributed by atoms with Crippen LogP contribution in [-0.2, 0) is 4.79 Å². The van der Waals surface area contributed by atoms with Crippen LogP contribution in [0.15, 0.2) is 42.5 Å². The Balaban J connectivity index is 1.72. The number of hydrogen-bond acceptors (Lipinski definition) is 3. The maximum absolute atomic E-state index is 12.2. The van der Waals surface area contributed by atoms with Crippen LogP contribution in [0.5, 0.6) is 5.75 Å². The Morgan fingerprint density at radius 3 is 2.44 bits per heavy atom. The van der Waals surface area contributed by atoms with Crippen LogP contribution in [0.1, 0.15) is 16.7 Å². The van der Waals surface area contributed by atoms with Crippen LogP contribution in [0, 0.1) is 20.8 Å². The number of likely N-dealkylation sites (N-methyl/N-ethyl adjacent to an activating group) is 1. The number of ether oxygens (including phenoxy) is 1. The summed E-state index contributed by atoms with van der Waals surface area (Å²) in [6.07, 6.45) is 0. The number of aryl methyl sites for hydroxylation is 2. The molecule has 0 heterocycles. The number of nitrogens with zero attached hydrogens (tertiary/aromatic N) is 1. The van der Waals surface area contributed by atoms with Gasteiger partial charge in [0, 0.05) is 12.7 Å². The number of carbonyl (C=O) groups excluding carboxylic acids is 2. The van der Waals surface area contributed by atoms with Crippen molar-refractivity contribution in [2.75, 3.05) is 32.1 Å². The van der Waals surface area contributed by atoms with Gasteiger partial charge in [-0.25, -0.2) is 4.79 Å². The average molecular weight is 369 g/mol. The molecule has 0 aliphatic heterocycles. The molecule has 0 saturated carbocycles. The molecule has 0 aliphatic rings. The first kappa shape index (κ1) is 20.3. The summed E-state index contributed by atoms with van der Waals surface area (Å²) in [6, 6.07) is 13.1. The standard InChI is InChI=1S/C21H27N3O3/c1-15-8-10-18(11-9-15)27-13-12-22-21(26)24(4)14-20(25)23-19-7-5-6-16(2)17(19)3/h5-11H,12-14H2,1-4H3,(H,22,26)(H,23,25). The van der Waals surface area contributed by atoms with E-state index in [9.17, 15) is 9.59 Å². The van der Waals surface area contributed by atoms with E-state index in [4.69, 9.17) is 4.74 Å². The summed E-state index contributed by atoms with van der Waals surface area (Å²) in [5.41, 5.74) is 4.05. The van der Waals surface area contributed by atoms with Gasteiger partial charge in [-0.15, -0.1) is 0 Å². The van der Waals surface area contributed by atoms with E-state index in [0.717, 1.165) is 28.1 Å². The summed E-state index contributed by atoms with van der Waals surface area (Å²) in [4.78, 5) is 25.6. The number of amides is 3. The summed E-state index contributed by atoms with van der Waals surface area (Å²) in [6.45, 7) is 6.64. The Labute approximate surface area is 160 Å². The summed E-state index contributed by atoms with van der Waals surface area (Å²) in [7, 11) is 1.58. The number of urea groups is 1. The summed E-state index contributed by atoms with van der Waals surface area (Å²) < 4.78 is 5.56. The fraction of sp³-hybridized carbons (Fsp3) is 0.333. The highest BCUT2D eigenvalue weighted by atomic mass is 16.5. The van der Waals surface area contributed by atoms with Crippen molar-refractivity contribution in [1.82, 2.24) is 10.2 Å². The van der Waals surface area contributed by atoms with Crippen molar-refractivity contribution in [2.45, 2.75) is 20.8 Å². The molecule has 0 atom stereocenters. The molecule has 2 N–H and O–H groups in total. The Morgan fingerprint density at radius 1 is 1.04 bits per heavy atom. The molecule has 144 valence electrons. The van der Waals surface area contributed by atoms with Gasteiger partial charge in [0.15, 0.2) is 0 Å². The van der Waals surface area contributed by atoms with Crippen LogP contribution >= 0.6 is 0 Å². The van der Waals surface area contributed by atoms with E-state index in [2.05, 4.69) is 10.6 Å². The van der Waals surface area contributed by atoms with Gasteiger partial charge < -0.3 is 20.3 Å². The lowest BCUT2D eigenvalue weighted by Crippen LogP contribution is -2.42. The van der Waals surface area contributed by atoms with E-state index in [-0.39, 0.29) is 18.5 Å².